The first-order chi connectivity index (χ1) is 11.1. The van der Waals surface area contributed by atoms with Crippen molar-refractivity contribution in [1.29, 1.82) is 0 Å². The van der Waals surface area contributed by atoms with Gasteiger partial charge in [-0.05, 0) is 42.0 Å². The van der Waals surface area contributed by atoms with Crippen LogP contribution < -0.4 is 0 Å². The molecule has 3 rings (SSSR count). The highest BCUT2D eigenvalue weighted by Gasteiger charge is 2.30. The van der Waals surface area contributed by atoms with E-state index in [1.807, 2.05) is 47.4 Å². The molecule has 0 spiro atoms. The summed E-state index contributed by atoms with van der Waals surface area (Å²) in [5, 5.41) is 0.712. The molecule has 0 bridgehead atoms. The van der Waals surface area contributed by atoms with Crippen molar-refractivity contribution in [2.75, 3.05) is 6.54 Å². The van der Waals surface area contributed by atoms with Gasteiger partial charge in [-0.1, -0.05) is 61.0 Å². The lowest BCUT2D eigenvalue weighted by Gasteiger charge is -2.25. The zero-order chi connectivity index (χ0) is 16.2. The van der Waals surface area contributed by atoms with Gasteiger partial charge in [-0.15, -0.1) is 0 Å². The highest BCUT2D eigenvalue weighted by Crippen LogP contribution is 2.32. The van der Waals surface area contributed by atoms with Gasteiger partial charge in [0.25, 0.3) is 0 Å². The molecule has 1 amide bonds. The number of rotatable bonds is 3. The summed E-state index contributed by atoms with van der Waals surface area (Å²) < 4.78 is 0. The summed E-state index contributed by atoms with van der Waals surface area (Å²) in [6.07, 6.45) is 1.97. The topological polar surface area (TPSA) is 20.3 Å². The van der Waals surface area contributed by atoms with E-state index in [2.05, 4.69) is 19.1 Å². The molecule has 1 aliphatic rings. The summed E-state index contributed by atoms with van der Waals surface area (Å²) in [5.74, 6) is 0.717. The zero-order valence-corrected chi connectivity index (χ0v) is 14.2. The van der Waals surface area contributed by atoms with Crippen LogP contribution in [0.1, 0.15) is 36.8 Å². The molecule has 120 valence electrons. The van der Waals surface area contributed by atoms with Crippen LogP contribution in [-0.2, 0) is 11.3 Å². The second kappa shape index (κ2) is 7.18. The van der Waals surface area contributed by atoms with Gasteiger partial charge in [0.1, 0.15) is 0 Å². The van der Waals surface area contributed by atoms with Crippen molar-refractivity contribution in [3.63, 3.8) is 0 Å². The molecule has 1 fully saturated rings. The van der Waals surface area contributed by atoms with Gasteiger partial charge >= 0.3 is 0 Å². The van der Waals surface area contributed by atoms with Crippen molar-refractivity contribution in [3.05, 3.63) is 70.7 Å². The predicted molar refractivity (Wildman–Crippen MR) is 94.5 cm³/mol. The number of benzene rings is 2. The monoisotopic (exact) mass is 327 g/mol. The van der Waals surface area contributed by atoms with Gasteiger partial charge in [0, 0.05) is 18.1 Å². The van der Waals surface area contributed by atoms with Crippen molar-refractivity contribution in [3.8, 4) is 0 Å². The molecule has 3 heteroatoms. The van der Waals surface area contributed by atoms with Crippen LogP contribution in [0.2, 0.25) is 5.02 Å². The van der Waals surface area contributed by atoms with Crippen LogP contribution in [0, 0.1) is 5.92 Å². The lowest BCUT2D eigenvalue weighted by molar-refractivity contribution is -0.132. The number of carbonyl (C=O) groups excluding carboxylic acids is 1. The maximum absolute atomic E-state index is 13.1. The standard InChI is InChI=1S/C20H22ClNO/c1-15-11-12-22(14-16-5-3-2-4-6-16)20(23)19(13-15)17-7-9-18(21)10-8-17/h2-10,15,19H,11-14H2,1H3/t15-,19+/m1/s1. The fourth-order valence-corrected chi connectivity index (χ4v) is 3.39. The zero-order valence-electron chi connectivity index (χ0n) is 13.4. The second-order valence-electron chi connectivity index (χ2n) is 6.48. The van der Waals surface area contributed by atoms with E-state index in [1.54, 1.807) is 0 Å². The lowest BCUT2D eigenvalue weighted by Crippen LogP contribution is -2.33. The maximum atomic E-state index is 13.1. The first-order valence-corrected chi connectivity index (χ1v) is 8.59. The Morgan fingerprint density at radius 1 is 1.09 bits per heavy atom. The van der Waals surface area contributed by atoms with Crippen molar-refractivity contribution in [2.24, 2.45) is 5.92 Å². The number of halogens is 1. The molecule has 2 atom stereocenters. The Bertz CT molecular complexity index is 653. The Balaban J connectivity index is 1.84. The average Bonchev–Trinajstić information content (AvgIpc) is 2.70. The molecule has 2 nitrogen and oxygen atoms in total. The van der Waals surface area contributed by atoms with E-state index in [1.165, 1.54) is 5.56 Å². The third kappa shape index (κ3) is 3.94. The van der Waals surface area contributed by atoms with Gasteiger partial charge in [-0.25, -0.2) is 0 Å². The van der Waals surface area contributed by atoms with Gasteiger partial charge in [-0.2, -0.15) is 0 Å². The molecule has 23 heavy (non-hydrogen) atoms. The van der Waals surface area contributed by atoms with Crippen LogP contribution in [0.5, 0.6) is 0 Å². The van der Waals surface area contributed by atoms with Gasteiger partial charge in [0.2, 0.25) is 5.91 Å². The normalized spacial score (nSPS) is 22.0. The molecule has 1 saturated heterocycles. The van der Waals surface area contributed by atoms with Crippen LogP contribution in [0.15, 0.2) is 54.6 Å². The summed E-state index contributed by atoms with van der Waals surface area (Å²) in [6.45, 7) is 3.76. The molecule has 2 aromatic carbocycles. The van der Waals surface area contributed by atoms with E-state index in [9.17, 15) is 4.79 Å². The van der Waals surface area contributed by atoms with E-state index >= 15 is 0 Å². The SMILES string of the molecule is C[C@@H]1CCN(Cc2ccccc2)C(=O)[C@H](c2ccc(Cl)cc2)C1. The minimum absolute atomic E-state index is 0.0616. The molecule has 1 aliphatic heterocycles. The van der Waals surface area contributed by atoms with E-state index in [0.717, 1.165) is 24.9 Å². The maximum Gasteiger partial charge on any atom is 0.230 e. The molecule has 0 aromatic heterocycles. The summed E-state index contributed by atoms with van der Waals surface area (Å²) in [4.78, 5) is 15.1. The number of likely N-dealkylation sites (tertiary alicyclic amines) is 1. The fourth-order valence-electron chi connectivity index (χ4n) is 3.26. The van der Waals surface area contributed by atoms with Crippen molar-refractivity contribution in [1.82, 2.24) is 4.90 Å². The molecule has 0 N–H and O–H groups in total. The largest absolute Gasteiger partial charge is 0.338 e. The Morgan fingerprint density at radius 3 is 2.48 bits per heavy atom. The average molecular weight is 328 g/mol. The van der Waals surface area contributed by atoms with Crippen molar-refractivity contribution < 1.29 is 4.79 Å². The molecule has 2 aromatic rings. The van der Waals surface area contributed by atoms with Crippen molar-refractivity contribution in [2.45, 2.75) is 32.2 Å². The van der Waals surface area contributed by atoms with Crippen LogP contribution in [0.3, 0.4) is 0 Å². The molecule has 0 saturated carbocycles. The van der Waals surface area contributed by atoms with Crippen LogP contribution in [-0.4, -0.2) is 17.4 Å². The third-order valence-electron chi connectivity index (χ3n) is 4.63. The summed E-state index contributed by atoms with van der Waals surface area (Å²) >= 11 is 5.99. The van der Waals surface area contributed by atoms with E-state index in [4.69, 9.17) is 11.6 Å². The number of hydrogen-bond acceptors (Lipinski definition) is 1. The smallest absolute Gasteiger partial charge is 0.230 e. The summed E-state index contributed by atoms with van der Waals surface area (Å²) in [6, 6.07) is 18.0. The molecular weight excluding hydrogens is 306 g/mol. The predicted octanol–water partition coefficient (Wildman–Crippen LogP) is 4.88. The minimum atomic E-state index is -0.0616. The van der Waals surface area contributed by atoms with E-state index in [-0.39, 0.29) is 11.8 Å². The Morgan fingerprint density at radius 2 is 1.78 bits per heavy atom. The number of nitrogens with zero attached hydrogens (tertiary/aromatic N) is 1. The molecule has 1 heterocycles. The van der Waals surface area contributed by atoms with E-state index < -0.39 is 0 Å². The van der Waals surface area contributed by atoms with E-state index in [0.29, 0.717) is 17.5 Å². The third-order valence-corrected chi connectivity index (χ3v) is 4.88. The van der Waals surface area contributed by atoms with Crippen LogP contribution >= 0.6 is 11.6 Å². The van der Waals surface area contributed by atoms with Crippen LogP contribution in [0.4, 0.5) is 0 Å². The summed E-state index contributed by atoms with van der Waals surface area (Å²) in [5.41, 5.74) is 2.26. The molecule has 0 unspecified atom stereocenters. The van der Waals surface area contributed by atoms with Crippen LogP contribution in [0.25, 0.3) is 0 Å². The van der Waals surface area contributed by atoms with Gasteiger partial charge in [-0.3, -0.25) is 4.79 Å². The number of carbonyl (C=O) groups is 1. The second-order valence-corrected chi connectivity index (χ2v) is 6.92. The highest BCUT2D eigenvalue weighted by atomic mass is 35.5. The minimum Gasteiger partial charge on any atom is -0.338 e. The van der Waals surface area contributed by atoms with Gasteiger partial charge in [0.15, 0.2) is 0 Å². The first-order valence-electron chi connectivity index (χ1n) is 8.21. The summed E-state index contributed by atoms with van der Waals surface area (Å²) in [7, 11) is 0. The Kier molecular flexibility index (Phi) is 5.02. The highest BCUT2D eigenvalue weighted by molar-refractivity contribution is 6.30. The fraction of sp³-hybridized carbons (Fsp3) is 0.350. The van der Waals surface area contributed by atoms with Gasteiger partial charge in [0.05, 0.1) is 5.92 Å². The molecule has 0 radical (unpaired) electrons. The quantitative estimate of drug-likeness (QED) is 0.786. The number of hydrogen-bond donors (Lipinski definition) is 0. The lowest BCUT2D eigenvalue weighted by atomic mass is 9.89. The Labute approximate surface area is 143 Å². The number of amides is 1. The Hall–Kier alpha value is -1.80. The first kappa shape index (κ1) is 16.1. The molecular formula is C20H22ClNO. The van der Waals surface area contributed by atoms with Gasteiger partial charge < -0.3 is 4.90 Å². The molecule has 0 aliphatic carbocycles. The van der Waals surface area contributed by atoms with Crippen molar-refractivity contribution >= 4 is 17.5 Å².